The Balaban J connectivity index is 1.72. The molecule has 0 aliphatic carbocycles. The van der Waals surface area contributed by atoms with Gasteiger partial charge >= 0.3 is 11.8 Å². The summed E-state index contributed by atoms with van der Waals surface area (Å²) in [6.07, 6.45) is 2.11. The second-order valence-electron chi connectivity index (χ2n) is 7.00. The van der Waals surface area contributed by atoms with Crippen LogP contribution in [0.25, 0.3) is 0 Å². The van der Waals surface area contributed by atoms with E-state index >= 15 is 0 Å². The first kappa shape index (κ1) is 24.5. The fraction of sp³-hybridized carbons (Fsp3) is 0.304. The van der Waals surface area contributed by atoms with Crippen molar-refractivity contribution in [3.05, 3.63) is 60.2 Å². The molecule has 0 atom stereocenters. The lowest BCUT2D eigenvalue weighted by atomic mass is 10.2. The van der Waals surface area contributed by atoms with Gasteiger partial charge in [-0.25, -0.2) is 5.43 Å². The Hall–Kier alpha value is -3.72. The number of amides is 3. The Morgan fingerprint density at radius 2 is 1.81 bits per heavy atom. The fourth-order valence-electron chi connectivity index (χ4n) is 2.44. The summed E-state index contributed by atoms with van der Waals surface area (Å²) in [4.78, 5) is 35.5. The van der Waals surface area contributed by atoms with Gasteiger partial charge in [0.05, 0.1) is 12.3 Å². The molecule has 0 aromatic heterocycles. The number of anilines is 1. The Kier molecular flexibility index (Phi) is 10.4. The number of rotatable bonds is 11. The number of ether oxygens (including phenoxy) is 2. The van der Waals surface area contributed by atoms with E-state index in [4.69, 9.17) is 9.47 Å². The summed E-state index contributed by atoms with van der Waals surface area (Å²) in [5, 5.41) is 9.00. The number of hydrogen-bond acceptors (Lipinski definition) is 6. The van der Waals surface area contributed by atoms with Crippen molar-refractivity contribution in [1.29, 1.82) is 0 Å². The van der Waals surface area contributed by atoms with Crippen LogP contribution in [-0.2, 0) is 19.1 Å². The van der Waals surface area contributed by atoms with Gasteiger partial charge in [-0.3, -0.25) is 14.4 Å². The van der Waals surface area contributed by atoms with Crippen molar-refractivity contribution < 1.29 is 23.9 Å². The van der Waals surface area contributed by atoms with Crippen molar-refractivity contribution in [2.45, 2.75) is 26.4 Å². The molecular formula is C23H28N4O5. The van der Waals surface area contributed by atoms with Crippen LogP contribution >= 0.6 is 0 Å². The van der Waals surface area contributed by atoms with Crippen LogP contribution in [0.15, 0.2) is 59.7 Å². The summed E-state index contributed by atoms with van der Waals surface area (Å²) in [7, 11) is 0. The quantitative estimate of drug-likeness (QED) is 0.214. The van der Waals surface area contributed by atoms with Crippen LogP contribution in [0.3, 0.4) is 0 Å². The van der Waals surface area contributed by atoms with Crippen LogP contribution in [0.1, 0.15) is 25.8 Å². The molecule has 0 heterocycles. The predicted octanol–water partition coefficient (Wildman–Crippen LogP) is 2.09. The highest BCUT2D eigenvalue weighted by Gasteiger charge is 2.11. The van der Waals surface area contributed by atoms with Gasteiger partial charge in [0.25, 0.3) is 5.91 Å². The van der Waals surface area contributed by atoms with Crippen molar-refractivity contribution in [2.75, 3.05) is 25.1 Å². The van der Waals surface area contributed by atoms with Crippen molar-refractivity contribution >= 4 is 29.6 Å². The lowest BCUT2D eigenvalue weighted by Crippen LogP contribution is -2.38. The molecule has 2 aromatic rings. The topological polar surface area (TPSA) is 118 Å². The Bertz CT molecular complexity index is 916. The van der Waals surface area contributed by atoms with Crippen LogP contribution in [0, 0.1) is 0 Å². The molecule has 9 nitrogen and oxygen atoms in total. The normalized spacial score (nSPS) is 10.7. The number of para-hydroxylation sites is 1. The highest BCUT2D eigenvalue weighted by atomic mass is 16.5. The predicted molar refractivity (Wildman–Crippen MR) is 121 cm³/mol. The van der Waals surface area contributed by atoms with Crippen LogP contribution in [-0.4, -0.2) is 49.8 Å². The number of hydrogen-bond donors (Lipinski definition) is 3. The maximum absolute atomic E-state index is 12.0. The van der Waals surface area contributed by atoms with Crippen molar-refractivity contribution in [3.8, 4) is 5.75 Å². The summed E-state index contributed by atoms with van der Waals surface area (Å²) >= 11 is 0. The molecule has 2 aromatic carbocycles. The number of carbonyl (C=O) groups excluding carboxylic acids is 3. The molecule has 0 spiro atoms. The molecule has 0 radical (unpaired) electrons. The molecular weight excluding hydrogens is 412 g/mol. The lowest BCUT2D eigenvalue weighted by Gasteiger charge is -2.08. The minimum Gasteiger partial charge on any atom is -0.484 e. The summed E-state index contributed by atoms with van der Waals surface area (Å²) in [6.45, 7) is 4.53. The van der Waals surface area contributed by atoms with Gasteiger partial charge in [0.2, 0.25) is 0 Å². The maximum Gasteiger partial charge on any atom is 0.329 e. The van der Waals surface area contributed by atoms with E-state index in [0.717, 1.165) is 0 Å². The Morgan fingerprint density at radius 1 is 1.03 bits per heavy atom. The standard InChI is InChI=1S/C23H28N4O5/c1-17(2)31-13-7-12-24-22(29)23(30)27-25-15-18-8-6-11-20(14-18)32-16-21(28)26-19-9-4-3-5-10-19/h3-6,8-11,14-15,17H,7,12-13,16H2,1-2H3,(H,24,29)(H,26,28)(H,27,30)/b25-15-. The molecule has 0 fully saturated rings. The van der Waals surface area contributed by atoms with Crippen molar-refractivity contribution in [3.63, 3.8) is 0 Å². The number of benzene rings is 2. The minimum absolute atomic E-state index is 0.124. The van der Waals surface area contributed by atoms with Crippen molar-refractivity contribution in [1.82, 2.24) is 10.7 Å². The van der Waals surface area contributed by atoms with Gasteiger partial charge < -0.3 is 20.1 Å². The minimum atomic E-state index is -0.865. The number of hydrazone groups is 1. The zero-order valence-electron chi connectivity index (χ0n) is 18.2. The number of nitrogens with one attached hydrogen (secondary N) is 3. The van der Waals surface area contributed by atoms with E-state index in [9.17, 15) is 14.4 Å². The van der Waals surface area contributed by atoms with E-state index in [1.54, 1.807) is 36.4 Å². The molecule has 3 N–H and O–H groups in total. The fourth-order valence-corrected chi connectivity index (χ4v) is 2.44. The zero-order valence-corrected chi connectivity index (χ0v) is 18.2. The molecule has 0 aliphatic rings. The van der Waals surface area contributed by atoms with Gasteiger partial charge in [-0.05, 0) is 50.1 Å². The molecule has 0 bridgehead atoms. The second-order valence-corrected chi connectivity index (χ2v) is 7.00. The van der Waals surface area contributed by atoms with E-state index in [0.29, 0.717) is 36.6 Å². The van der Waals surface area contributed by atoms with Crippen LogP contribution in [0.5, 0.6) is 5.75 Å². The van der Waals surface area contributed by atoms with Gasteiger partial charge in [0.15, 0.2) is 6.61 Å². The van der Waals surface area contributed by atoms with Crippen LogP contribution in [0.2, 0.25) is 0 Å². The molecule has 0 aliphatic heterocycles. The van der Waals surface area contributed by atoms with Crippen LogP contribution < -0.4 is 20.8 Å². The van der Waals surface area contributed by atoms with E-state index in [-0.39, 0.29) is 18.6 Å². The average Bonchev–Trinajstić information content (AvgIpc) is 2.78. The largest absolute Gasteiger partial charge is 0.484 e. The zero-order chi connectivity index (χ0) is 23.2. The number of nitrogens with zero attached hydrogens (tertiary/aromatic N) is 1. The molecule has 0 unspecified atom stereocenters. The first-order valence-electron chi connectivity index (χ1n) is 10.2. The van der Waals surface area contributed by atoms with E-state index in [1.165, 1.54) is 6.21 Å². The molecule has 170 valence electrons. The van der Waals surface area contributed by atoms with E-state index < -0.39 is 11.8 Å². The molecule has 32 heavy (non-hydrogen) atoms. The van der Waals surface area contributed by atoms with E-state index in [2.05, 4.69) is 21.2 Å². The third kappa shape index (κ3) is 9.86. The average molecular weight is 441 g/mol. The van der Waals surface area contributed by atoms with E-state index in [1.807, 2.05) is 32.0 Å². The summed E-state index contributed by atoms with van der Waals surface area (Å²) in [5.41, 5.74) is 3.48. The summed E-state index contributed by atoms with van der Waals surface area (Å²) < 4.78 is 10.8. The third-order valence-electron chi connectivity index (χ3n) is 3.93. The highest BCUT2D eigenvalue weighted by molar-refractivity contribution is 6.35. The summed E-state index contributed by atoms with van der Waals surface area (Å²) in [6, 6.07) is 15.9. The van der Waals surface area contributed by atoms with Gasteiger partial charge in [-0.15, -0.1) is 0 Å². The first-order chi connectivity index (χ1) is 15.4. The van der Waals surface area contributed by atoms with Crippen LogP contribution in [0.4, 0.5) is 5.69 Å². The molecule has 0 saturated carbocycles. The van der Waals surface area contributed by atoms with Gasteiger partial charge in [-0.2, -0.15) is 5.10 Å². The van der Waals surface area contributed by atoms with Gasteiger partial charge in [0.1, 0.15) is 5.75 Å². The molecule has 3 amide bonds. The second kappa shape index (κ2) is 13.6. The van der Waals surface area contributed by atoms with Gasteiger partial charge in [0, 0.05) is 18.8 Å². The van der Waals surface area contributed by atoms with Gasteiger partial charge in [-0.1, -0.05) is 30.3 Å². The number of carbonyl (C=O) groups is 3. The highest BCUT2D eigenvalue weighted by Crippen LogP contribution is 2.12. The Labute approximate surface area is 187 Å². The van der Waals surface area contributed by atoms with Crippen molar-refractivity contribution in [2.24, 2.45) is 5.10 Å². The molecule has 2 rings (SSSR count). The maximum atomic E-state index is 12.0. The summed E-state index contributed by atoms with van der Waals surface area (Å²) in [5.74, 6) is -1.46. The molecule has 9 heteroatoms. The SMILES string of the molecule is CC(C)OCCCNC(=O)C(=O)N/N=C\c1cccc(OCC(=O)Nc2ccccc2)c1. The lowest BCUT2D eigenvalue weighted by molar-refractivity contribution is -0.139. The third-order valence-corrected chi connectivity index (χ3v) is 3.93. The Morgan fingerprint density at radius 3 is 2.56 bits per heavy atom. The first-order valence-corrected chi connectivity index (χ1v) is 10.2. The smallest absolute Gasteiger partial charge is 0.329 e. The monoisotopic (exact) mass is 440 g/mol. The molecule has 0 saturated heterocycles.